The molecule has 0 spiro atoms. The molecular formula is C8H21Sn. The fourth-order valence-electron chi connectivity index (χ4n) is 0.780. The van der Waals surface area contributed by atoms with Gasteiger partial charge in [0.25, 0.3) is 0 Å². The molecule has 1 heteroatoms. The standard InChI is InChI=1S/C8H17.Sn.4H/c1-3-5-7-8-6-4-2;;;;;/h1,3-8H2,2H3;;;;;. The number of unbranched alkanes of at least 4 members (excludes halogenated alkanes) is 5. The van der Waals surface area contributed by atoms with Crippen LogP contribution in [0.15, 0.2) is 0 Å². The topological polar surface area (TPSA) is 0 Å². The Kier molecular flexibility index (Phi) is 16.0. The molecule has 1 radical (unpaired) electrons. The van der Waals surface area contributed by atoms with Crippen LogP contribution in [0.5, 0.6) is 0 Å². The zero-order chi connectivity index (χ0) is 6.24. The minimum atomic E-state index is 0. The van der Waals surface area contributed by atoms with Crippen LogP contribution in [0.3, 0.4) is 0 Å². The summed E-state index contributed by atoms with van der Waals surface area (Å²) >= 11 is 0. The van der Waals surface area contributed by atoms with Gasteiger partial charge in [-0.05, 0) is 0 Å². The summed E-state index contributed by atoms with van der Waals surface area (Å²) in [6.45, 7) is 6.02. The zero-order valence-electron chi connectivity index (χ0n) is 5.95. The Bertz CT molecular complexity index is 29.5. The minimum absolute atomic E-state index is 0. The molecule has 0 N–H and O–H groups in total. The molecule has 0 fully saturated rings. The van der Waals surface area contributed by atoms with E-state index in [1.54, 1.807) is 0 Å². The average molecular weight is 236 g/mol. The van der Waals surface area contributed by atoms with Crippen LogP contribution in [0.4, 0.5) is 0 Å². The molecule has 0 heterocycles. The van der Waals surface area contributed by atoms with E-state index in [2.05, 4.69) is 13.8 Å². The maximum absolute atomic E-state index is 3.78. The Morgan fingerprint density at radius 1 is 1.00 bits per heavy atom. The molecule has 0 saturated heterocycles. The van der Waals surface area contributed by atoms with Crippen molar-refractivity contribution in [1.29, 1.82) is 0 Å². The van der Waals surface area contributed by atoms with Gasteiger partial charge in [0, 0.05) is 0 Å². The molecule has 0 unspecified atom stereocenters. The van der Waals surface area contributed by atoms with Crippen LogP contribution >= 0.6 is 0 Å². The predicted octanol–water partition coefficient (Wildman–Crippen LogP) is 1.73. The molecule has 0 atom stereocenters. The Labute approximate surface area is 76.4 Å². The van der Waals surface area contributed by atoms with E-state index in [9.17, 15) is 0 Å². The van der Waals surface area contributed by atoms with E-state index in [1.807, 2.05) is 0 Å². The summed E-state index contributed by atoms with van der Waals surface area (Å²) in [7, 11) is 0. The van der Waals surface area contributed by atoms with Crippen molar-refractivity contribution in [2.45, 2.75) is 45.4 Å². The summed E-state index contributed by atoms with van der Waals surface area (Å²) in [5.41, 5.74) is 0. The first-order valence-electron chi connectivity index (χ1n) is 3.71. The van der Waals surface area contributed by atoms with E-state index < -0.39 is 0 Å². The van der Waals surface area contributed by atoms with E-state index in [-0.39, 0.29) is 23.9 Å². The summed E-state index contributed by atoms with van der Waals surface area (Å²) in [6.07, 6.45) is 7.98. The van der Waals surface area contributed by atoms with E-state index in [4.69, 9.17) is 0 Å². The molecule has 0 rings (SSSR count). The van der Waals surface area contributed by atoms with Gasteiger partial charge < -0.3 is 0 Å². The van der Waals surface area contributed by atoms with Gasteiger partial charge in [0.05, 0.1) is 0 Å². The quantitative estimate of drug-likeness (QED) is 0.503. The van der Waals surface area contributed by atoms with Crippen molar-refractivity contribution in [3.8, 4) is 0 Å². The summed E-state index contributed by atoms with van der Waals surface area (Å²) in [4.78, 5) is 0. The number of hydrogen-bond acceptors (Lipinski definition) is 0. The van der Waals surface area contributed by atoms with Gasteiger partial charge in [-0.15, -0.1) is 0 Å². The summed E-state index contributed by atoms with van der Waals surface area (Å²) in [5.74, 6) is 0. The third-order valence-electron chi connectivity index (χ3n) is 1.35. The van der Waals surface area contributed by atoms with Crippen molar-refractivity contribution in [1.82, 2.24) is 0 Å². The van der Waals surface area contributed by atoms with Gasteiger partial charge in [-0.25, -0.2) is 0 Å². The van der Waals surface area contributed by atoms with E-state index >= 15 is 0 Å². The summed E-state index contributed by atoms with van der Waals surface area (Å²) < 4.78 is 0. The van der Waals surface area contributed by atoms with E-state index in [1.165, 1.54) is 32.1 Å². The normalized spacial score (nSPS) is 8.67. The summed E-state index contributed by atoms with van der Waals surface area (Å²) in [6, 6.07) is 0. The Hall–Kier alpha value is 0.799. The van der Waals surface area contributed by atoms with Crippen LogP contribution in [0.25, 0.3) is 0 Å². The van der Waals surface area contributed by atoms with Crippen LogP contribution in [0.1, 0.15) is 45.4 Å². The molecule has 0 aliphatic heterocycles. The van der Waals surface area contributed by atoms with Gasteiger partial charge in [-0.3, -0.25) is 0 Å². The fourth-order valence-corrected chi connectivity index (χ4v) is 0.780. The van der Waals surface area contributed by atoms with Gasteiger partial charge >= 0.3 is 23.9 Å². The van der Waals surface area contributed by atoms with E-state index in [0.29, 0.717) is 0 Å². The third kappa shape index (κ3) is 12.1. The maximum atomic E-state index is 3.78. The summed E-state index contributed by atoms with van der Waals surface area (Å²) in [5, 5.41) is 0. The van der Waals surface area contributed by atoms with Gasteiger partial charge in [-0.1, -0.05) is 52.4 Å². The average Bonchev–Trinajstić information content (AvgIpc) is 1.81. The predicted molar refractivity (Wildman–Crippen MR) is 50.1 cm³/mol. The zero-order valence-corrected chi connectivity index (χ0v) is 5.95. The first-order chi connectivity index (χ1) is 3.91. The molecule has 0 aromatic carbocycles. The SMILES string of the molecule is [CH2]CCCCCCC.[SnH4]. The number of hydrogen-bond donors (Lipinski definition) is 0. The van der Waals surface area contributed by atoms with Gasteiger partial charge in [0.1, 0.15) is 0 Å². The van der Waals surface area contributed by atoms with Crippen molar-refractivity contribution >= 4 is 23.9 Å². The molecule has 57 valence electrons. The van der Waals surface area contributed by atoms with Crippen LogP contribution < -0.4 is 0 Å². The second-order valence-corrected chi connectivity index (χ2v) is 2.27. The Morgan fingerprint density at radius 3 is 2.00 bits per heavy atom. The molecule has 0 aromatic rings. The van der Waals surface area contributed by atoms with Crippen LogP contribution in [0.2, 0.25) is 0 Å². The molecule has 0 amide bonds. The second kappa shape index (κ2) is 11.6. The van der Waals surface area contributed by atoms with Gasteiger partial charge in [0.2, 0.25) is 0 Å². The van der Waals surface area contributed by atoms with Crippen molar-refractivity contribution < 1.29 is 0 Å². The first kappa shape index (κ1) is 12.5. The molecule has 0 aliphatic rings. The molecule has 0 nitrogen and oxygen atoms in total. The first-order valence-corrected chi connectivity index (χ1v) is 3.71. The van der Waals surface area contributed by atoms with E-state index in [0.717, 1.165) is 6.42 Å². The van der Waals surface area contributed by atoms with Gasteiger partial charge in [-0.2, -0.15) is 0 Å². The van der Waals surface area contributed by atoms with Crippen molar-refractivity contribution in [3.63, 3.8) is 0 Å². The molecule has 0 saturated carbocycles. The Morgan fingerprint density at radius 2 is 1.56 bits per heavy atom. The van der Waals surface area contributed by atoms with Crippen LogP contribution in [-0.2, 0) is 0 Å². The van der Waals surface area contributed by atoms with Crippen LogP contribution in [0, 0.1) is 6.92 Å². The molecule has 9 heavy (non-hydrogen) atoms. The van der Waals surface area contributed by atoms with Gasteiger partial charge in [0.15, 0.2) is 0 Å². The molecule has 0 bridgehead atoms. The van der Waals surface area contributed by atoms with Crippen molar-refractivity contribution in [3.05, 3.63) is 6.92 Å². The van der Waals surface area contributed by atoms with Crippen LogP contribution in [-0.4, -0.2) is 23.9 Å². The fraction of sp³-hybridized carbons (Fsp3) is 0.875. The number of rotatable bonds is 5. The molecular weight excluding hydrogens is 215 g/mol. The monoisotopic (exact) mass is 237 g/mol. The van der Waals surface area contributed by atoms with Crippen molar-refractivity contribution in [2.75, 3.05) is 0 Å². The van der Waals surface area contributed by atoms with Crippen molar-refractivity contribution in [2.24, 2.45) is 0 Å². The Balaban J connectivity index is 0. The molecule has 0 aliphatic carbocycles. The third-order valence-corrected chi connectivity index (χ3v) is 1.35. The molecule has 0 aromatic heterocycles. The second-order valence-electron chi connectivity index (χ2n) is 2.27.